The van der Waals surface area contributed by atoms with E-state index in [4.69, 9.17) is 0 Å². The van der Waals surface area contributed by atoms with Gasteiger partial charge in [-0.1, -0.05) is 25.3 Å². The summed E-state index contributed by atoms with van der Waals surface area (Å²) in [7, 11) is 0. The Morgan fingerprint density at radius 2 is 1.81 bits per heavy atom. The molecule has 7 nitrogen and oxygen atoms in total. The fourth-order valence-corrected chi connectivity index (χ4v) is 4.22. The molecule has 0 aliphatic carbocycles. The average molecular weight is 425 g/mol. The van der Waals surface area contributed by atoms with Gasteiger partial charge in [-0.15, -0.1) is 0 Å². The van der Waals surface area contributed by atoms with E-state index in [2.05, 4.69) is 32.8 Å². The lowest BCUT2D eigenvalue weighted by Gasteiger charge is -2.43. The molecule has 0 bridgehead atoms. The standard InChI is InChI=1S/C24H32N4O3/c1-3-19(5-6-22(30)4-2)17-26-9-7-21(8-10-26)27-11-13-28(14-12-27)24-23(31)15-20(18-29)16-25-24/h3-6,15-16,18,21,30-31H,1-2,7-14,17H2/b19-5+,22-6+. The molecule has 2 fully saturated rings. The highest BCUT2D eigenvalue weighted by Crippen LogP contribution is 2.27. The molecule has 2 N–H and O–H groups in total. The van der Waals surface area contributed by atoms with Crippen molar-refractivity contribution < 1.29 is 15.0 Å². The molecule has 1 aromatic rings. The minimum absolute atomic E-state index is 0.0636. The third kappa shape index (κ3) is 6.06. The van der Waals surface area contributed by atoms with Crippen molar-refractivity contribution in [1.29, 1.82) is 0 Å². The number of aromatic nitrogens is 1. The smallest absolute Gasteiger partial charge is 0.171 e. The van der Waals surface area contributed by atoms with Gasteiger partial charge in [0.25, 0.3) is 0 Å². The van der Waals surface area contributed by atoms with Crippen LogP contribution in [0.1, 0.15) is 23.2 Å². The van der Waals surface area contributed by atoms with Crippen molar-refractivity contribution in [3.63, 3.8) is 0 Å². The van der Waals surface area contributed by atoms with Crippen molar-refractivity contribution in [3.8, 4) is 5.75 Å². The number of hydrogen-bond acceptors (Lipinski definition) is 7. The maximum absolute atomic E-state index is 10.8. The number of carbonyl (C=O) groups is 1. The normalized spacial score (nSPS) is 19.9. The van der Waals surface area contributed by atoms with Crippen LogP contribution >= 0.6 is 0 Å². The topological polar surface area (TPSA) is 80.1 Å². The van der Waals surface area contributed by atoms with Gasteiger partial charge >= 0.3 is 0 Å². The van der Waals surface area contributed by atoms with Crippen molar-refractivity contribution in [1.82, 2.24) is 14.8 Å². The Hall–Kier alpha value is -2.90. The number of anilines is 1. The first-order chi connectivity index (χ1) is 15.0. The van der Waals surface area contributed by atoms with Crippen LogP contribution in [0, 0.1) is 0 Å². The minimum atomic E-state index is 0.0636. The summed E-state index contributed by atoms with van der Waals surface area (Å²) in [6.45, 7) is 13.8. The number of aliphatic hydroxyl groups excluding tert-OH is 1. The summed E-state index contributed by atoms with van der Waals surface area (Å²) in [4.78, 5) is 22.2. The maximum atomic E-state index is 10.8. The molecular weight excluding hydrogens is 392 g/mol. The van der Waals surface area contributed by atoms with Crippen LogP contribution < -0.4 is 4.90 Å². The van der Waals surface area contributed by atoms with Crippen LogP contribution in [0.3, 0.4) is 0 Å². The second kappa shape index (κ2) is 10.9. The first-order valence-electron chi connectivity index (χ1n) is 10.7. The molecule has 31 heavy (non-hydrogen) atoms. The zero-order valence-corrected chi connectivity index (χ0v) is 18.0. The zero-order chi connectivity index (χ0) is 22.2. The van der Waals surface area contributed by atoms with E-state index in [1.807, 2.05) is 12.2 Å². The molecule has 0 unspecified atom stereocenters. The van der Waals surface area contributed by atoms with E-state index in [1.165, 1.54) is 18.3 Å². The molecule has 7 heteroatoms. The Morgan fingerprint density at radius 3 is 2.39 bits per heavy atom. The van der Waals surface area contributed by atoms with Crippen LogP contribution in [0.5, 0.6) is 5.75 Å². The Kier molecular flexibility index (Phi) is 8.03. The van der Waals surface area contributed by atoms with E-state index in [0.717, 1.165) is 64.2 Å². The summed E-state index contributed by atoms with van der Waals surface area (Å²) >= 11 is 0. The van der Waals surface area contributed by atoms with Gasteiger partial charge in [-0.2, -0.15) is 0 Å². The Bertz CT molecular complexity index is 848. The highest BCUT2D eigenvalue weighted by Gasteiger charge is 2.28. The summed E-state index contributed by atoms with van der Waals surface area (Å²) in [6, 6.07) is 2.04. The van der Waals surface area contributed by atoms with Crippen molar-refractivity contribution in [2.75, 3.05) is 50.7 Å². The quantitative estimate of drug-likeness (QED) is 0.377. The fraction of sp³-hybridized carbons (Fsp3) is 0.417. The van der Waals surface area contributed by atoms with Crippen molar-refractivity contribution in [2.45, 2.75) is 18.9 Å². The summed E-state index contributed by atoms with van der Waals surface area (Å²) in [6.07, 6.45) is 11.2. The van der Waals surface area contributed by atoms with E-state index >= 15 is 0 Å². The van der Waals surface area contributed by atoms with Gasteiger partial charge in [-0.3, -0.25) is 14.6 Å². The van der Waals surface area contributed by atoms with Gasteiger partial charge in [0.2, 0.25) is 0 Å². The van der Waals surface area contributed by atoms with Crippen molar-refractivity contribution in [2.24, 2.45) is 0 Å². The predicted octanol–water partition coefficient (Wildman–Crippen LogP) is 2.93. The van der Waals surface area contributed by atoms with Crippen LogP contribution in [0.25, 0.3) is 0 Å². The Morgan fingerprint density at radius 1 is 1.10 bits per heavy atom. The van der Waals surface area contributed by atoms with Crippen LogP contribution in [-0.2, 0) is 0 Å². The number of rotatable bonds is 8. The molecule has 0 atom stereocenters. The molecule has 0 saturated carbocycles. The van der Waals surface area contributed by atoms with Gasteiger partial charge in [-0.05, 0) is 49.7 Å². The molecule has 3 heterocycles. The molecule has 2 aliphatic heterocycles. The molecule has 166 valence electrons. The van der Waals surface area contributed by atoms with Gasteiger partial charge in [0, 0.05) is 50.5 Å². The van der Waals surface area contributed by atoms with E-state index in [-0.39, 0.29) is 11.5 Å². The second-order valence-corrected chi connectivity index (χ2v) is 8.00. The molecule has 3 rings (SSSR count). The lowest BCUT2D eigenvalue weighted by molar-refractivity contribution is 0.108. The number of carbonyl (C=O) groups excluding carboxylic acids is 1. The molecule has 0 spiro atoms. The predicted molar refractivity (Wildman–Crippen MR) is 124 cm³/mol. The van der Waals surface area contributed by atoms with Crippen LogP contribution in [0.15, 0.2) is 61.1 Å². The number of piperidine rings is 1. The summed E-state index contributed by atoms with van der Waals surface area (Å²) in [5, 5.41) is 19.7. The van der Waals surface area contributed by atoms with E-state index in [1.54, 1.807) is 6.08 Å². The van der Waals surface area contributed by atoms with Crippen LogP contribution in [0.4, 0.5) is 5.82 Å². The van der Waals surface area contributed by atoms with Crippen molar-refractivity contribution >= 4 is 12.1 Å². The SMILES string of the molecule is C=C/C(O)=C\C=C(/C=C)CN1CCC(N2CCN(c3ncc(C=O)cc3O)CC2)CC1. The first-order valence-corrected chi connectivity index (χ1v) is 10.7. The number of aldehydes is 1. The van der Waals surface area contributed by atoms with Gasteiger partial charge in [0.1, 0.15) is 5.76 Å². The fourth-order valence-electron chi connectivity index (χ4n) is 4.22. The number of hydrogen-bond donors (Lipinski definition) is 2. The summed E-state index contributed by atoms with van der Waals surface area (Å²) in [5.41, 5.74) is 1.46. The minimum Gasteiger partial charge on any atom is -0.508 e. The van der Waals surface area contributed by atoms with Gasteiger partial charge in [0.15, 0.2) is 17.9 Å². The third-order valence-electron chi connectivity index (χ3n) is 6.04. The highest BCUT2D eigenvalue weighted by atomic mass is 16.3. The Balaban J connectivity index is 1.47. The van der Waals surface area contributed by atoms with Gasteiger partial charge in [0.05, 0.1) is 0 Å². The number of aliphatic hydroxyl groups is 1. The van der Waals surface area contributed by atoms with E-state index in [0.29, 0.717) is 23.7 Å². The number of aromatic hydroxyl groups is 1. The highest BCUT2D eigenvalue weighted by molar-refractivity contribution is 5.76. The summed E-state index contributed by atoms with van der Waals surface area (Å²) < 4.78 is 0. The van der Waals surface area contributed by atoms with E-state index in [9.17, 15) is 15.0 Å². The summed E-state index contributed by atoms with van der Waals surface area (Å²) in [5.74, 6) is 0.773. The lowest BCUT2D eigenvalue weighted by atomic mass is 10.0. The van der Waals surface area contributed by atoms with Crippen LogP contribution in [-0.4, -0.2) is 83.1 Å². The van der Waals surface area contributed by atoms with Gasteiger partial charge in [-0.25, -0.2) is 4.98 Å². The van der Waals surface area contributed by atoms with Crippen LogP contribution in [0.2, 0.25) is 0 Å². The maximum Gasteiger partial charge on any atom is 0.171 e. The number of piperazine rings is 1. The number of allylic oxidation sites excluding steroid dienone is 3. The third-order valence-corrected chi connectivity index (χ3v) is 6.04. The van der Waals surface area contributed by atoms with E-state index < -0.39 is 0 Å². The molecular formula is C24H32N4O3. The van der Waals surface area contributed by atoms with Gasteiger partial charge < -0.3 is 15.1 Å². The molecule has 0 amide bonds. The molecule has 1 aromatic heterocycles. The number of nitrogens with zero attached hydrogens (tertiary/aromatic N) is 4. The second-order valence-electron chi connectivity index (χ2n) is 8.00. The Labute approximate surface area is 184 Å². The molecule has 0 radical (unpaired) electrons. The molecule has 0 aromatic carbocycles. The average Bonchev–Trinajstić information content (AvgIpc) is 2.82. The zero-order valence-electron chi connectivity index (χ0n) is 18.0. The first kappa shape index (κ1) is 22.8. The number of pyridine rings is 1. The molecule has 2 aliphatic rings. The largest absolute Gasteiger partial charge is 0.508 e. The number of likely N-dealkylation sites (tertiary alicyclic amines) is 1. The monoisotopic (exact) mass is 424 g/mol. The molecule has 2 saturated heterocycles. The lowest BCUT2D eigenvalue weighted by Crippen LogP contribution is -2.53. The van der Waals surface area contributed by atoms with Crippen molar-refractivity contribution in [3.05, 3.63) is 66.6 Å².